The zero-order valence-electron chi connectivity index (χ0n) is 28.4. The van der Waals surface area contributed by atoms with Crippen molar-refractivity contribution in [1.82, 2.24) is 4.57 Å². The largest absolute Gasteiger partial charge is 0.309 e. The highest BCUT2D eigenvalue weighted by molar-refractivity contribution is 6.13. The molecule has 9 aromatic rings. The maximum Gasteiger partial charge on any atom is 0.0541 e. The van der Waals surface area contributed by atoms with Crippen molar-refractivity contribution in [2.75, 3.05) is 0 Å². The Kier molecular flexibility index (Phi) is 6.78. The predicted octanol–water partition coefficient (Wildman–Crippen LogP) is 13.3. The van der Waals surface area contributed by atoms with E-state index in [9.17, 15) is 0 Å². The third-order valence-corrected chi connectivity index (χ3v) is 10.7. The number of fused-ring (bicyclic) bond motifs is 5. The van der Waals surface area contributed by atoms with Gasteiger partial charge in [0.15, 0.2) is 0 Å². The molecule has 0 fully saturated rings. The van der Waals surface area contributed by atoms with Gasteiger partial charge in [-0.3, -0.25) is 0 Å². The molecule has 0 N–H and O–H groups in total. The van der Waals surface area contributed by atoms with Crippen LogP contribution in [-0.4, -0.2) is 4.57 Å². The molecule has 9 rings (SSSR count). The Morgan fingerprint density at radius 2 is 0.939 bits per heavy atom. The summed E-state index contributed by atoms with van der Waals surface area (Å²) in [5.74, 6) is 0. The summed E-state index contributed by atoms with van der Waals surface area (Å²) in [4.78, 5) is 0. The number of aromatic nitrogens is 1. The Morgan fingerprint density at radius 1 is 0.367 bits per heavy atom. The Balaban J connectivity index is 1.26. The van der Waals surface area contributed by atoms with Crippen molar-refractivity contribution in [1.29, 1.82) is 0 Å². The Hall–Kier alpha value is -5.92. The van der Waals surface area contributed by atoms with Gasteiger partial charge in [0.05, 0.1) is 11.0 Å². The van der Waals surface area contributed by atoms with Crippen LogP contribution in [0.2, 0.25) is 0 Å². The van der Waals surface area contributed by atoms with Gasteiger partial charge in [0, 0.05) is 16.5 Å². The molecular formula is C48H37N. The lowest BCUT2D eigenvalue weighted by Crippen LogP contribution is -1.98. The summed E-state index contributed by atoms with van der Waals surface area (Å²) < 4.78 is 2.38. The van der Waals surface area contributed by atoms with Crippen molar-refractivity contribution >= 4 is 43.4 Å². The number of hydrogen-bond donors (Lipinski definition) is 0. The summed E-state index contributed by atoms with van der Waals surface area (Å²) in [6.07, 6.45) is 0. The molecule has 0 spiro atoms. The number of aryl methyl sites for hydroxylation is 2. The molecule has 0 saturated carbocycles. The summed E-state index contributed by atoms with van der Waals surface area (Å²) >= 11 is 0. The van der Waals surface area contributed by atoms with Gasteiger partial charge in [0.25, 0.3) is 0 Å². The van der Waals surface area contributed by atoms with Gasteiger partial charge >= 0.3 is 0 Å². The molecule has 1 heterocycles. The molecule has 0 radical (unpaired) electrons. The number of rotatable bonds is 4. The van der Waals surface area contributed by atoms with E-state index in [-0.39, 0.29) is 0 Å². The molecule has 0 atom stereocenters. The van der Waals surface area contributed by atoms with Gasteiger partial charge in [-0.2, -0.15) is 0 Å². The lowest BCUT2D eigenvalue weighted by Gasteiger charge is -2.23. The number of para-hydroxylation sites is 2. The molecular weight excluding hydrogens is 591 g/mol. The minimum Gasteiger partial charge on any atom is -0.309 e. The molecule has 1 aromatic heterocycles. The van der Waals surface area contributed by atoms with Gasteiger partial charge in [-0.15, -0.1) is 0 Å². The van der Waals surface area contributed by atoms with E-state index in [0.29, 0.717) is 0 Å². The van der Waals surface area contributed by atoms with Crippen LogP contribution < -0.4 is 0 Å². The molecule has 0 aliphatic carbocycles. The van der Waals surface area contributed by atoms with E-state index >= 15 is 0 Å². The first-order chi connectivity index (χ1) is 24.0. The van der Waals surface area contributed by atoms with E-state index in [0.717, 1.165) is 0 Å². The maximum atomic E-state index is 2.42. The van der Waals surface area contributed by atoms with Crippen molar-refractivity contribution in [2.24, 2.45) is 0 Å². The summed E-state index contributed by atoms with van der Waals surface area (Å²) in [6, 6.07) is 55.7. The van der Waals surface area contributed by atoms with Crippen LogP contribution in [0.5, 0.6) is 0 Å². The highest BCUT2D eigenvalue weighted by Crippen LogP contribution is 2.46. The lowest BCUT2D eigenvalue weighted by molar-refractivity contribution is 1.18. The Bertz CT molecular complexity index is 2740. The van der Waals surface area contributed by atoms with E-state index in [1.165, 1.54) is 105 Å². The van der Waals surface area contributed by atoms with E-state index in [2.05, 4.69) is 184 Å². The first-order valence-electron chi connectivity index (χ1n) is 17.2. The van der Waals surface area contributed by atoms with Crippen LogP contribution in [0.4, 0.5) is 0 Å². The smallest absolute Gasteiger partial charge is 0.0541 e. The standard InChI is InChI=1S/C48H37N/c1-30-22-25-35(36-26-27-45-43(29-36)39-18-12-13-21-44(39)49(45)37-15-6-5-7-16-37)28-42(30)47-32(3)33(4)48(41-20-11-10-19-40(41)47)46-31(2)23-24-34-14-8-9-17-38(34)46/h5-29H,1-4H3. The first-order valence-corrected chi connectivity index (χ1v) is 17.2. The van der Waals surface area contributed by atoms with Crippen LogP contribution in [0.15, 0.2) is 152 Å². The molecule has 0 saturated heterocycles. The van der Waals surface area contributed by atoms with Gasteiger partial charge < -0.3 is 4.57 Å². The molecule has 0 aliphatic heterocycles. The van der Waals surface area contributed by atoms with Gasteiger partial charge in [0.1, 0.15) is 0 Å². The second kappa shape index (κ2) is 11.4. The topological polar surface area (TPSA) is 4.93 Å². The average molecular weight is 628 g/mol. The Labute approximate surface area is 287 Å². The minimum atomic E-state index is 1.18. The second-order valence-corrected chi connectivity index (χ2v) is 13.5. The quantitative estimate of drug-likeness (QED) is 0.183. The number of nitrogens with zero attached hydrogens (tertiary/aromatic N) is 1. The van der Waals surface area contributed by atoms with Crippen molar-refractivity contribution in [2.45, 2.75) is 27.7 Å². The summed E-state index contributed by atoms with van der Waals surface area (Å²) in [5.41, 5.74) is 16.7. The normalized spacial score (nSPS) is 11.7. The third-order valence-electron chi connectivity index (χ3n) is 10.7. The number of benzene rings is 8. The van der Waals surface area contributed by atoms with Gasteiger partial charge in [0.2, 0.25) is 0 Å². The van der Waals surface area contributed by atoms with Gasteiger partial charge in [-0.05, 0) is 141 Å². The summed E-state index contributed by atoms with van der Waals surface area (Å²) in [7, 11) is 0. The van der Waals surface area contributed by atoms with E-state index in [1.54, 1.807) is 0 Å². The van der Waals surface area contributed by atoms with Gasteiger partial charge in [-0.25, -0.2) is 0 Å². The SMILES string of the molecule is Cc1ccc(-c2ccc3c(c2)c2ccccc2n3-c2ccccc2)cc1-c1c(C)c(C)c(-c2c(C)ccc3ccccc23)c2ccccc12. The first kappa shape index (κ1) is 29.2. The van der Waals surface area contributed by atoms with Crippen LogP contribution >= 0.6 is 0 Å². The summed E-state index contributed by atoms with van der Waals surface area (Å²) in [5, 5.41) is 7.74. The van der Waals surface area contributed by atoms with E-state index < -0.39 is 0 Å². The molecule has 0 amide bonds. The maximum absolute atomic E-state index is 2.42. The third kappa shape index (κ3) is 4.54. The fourth-order valence-electron chi connectivity index (χ4n) is 8.16. The lowest BCUT2D eigenvalue weighted by atomic mass is 9.81. The minimum absolute atomic E-state index is 1.18. The van der Waals surface area contributed by atoms with Crippen LogP contribution in [0.25, 0.3) is 82.4 Å². The predicted molar refractivity (Wildman–Crippen MR) is 211 cm³/mol. The molecule has 1 heteroatoms. The molecule has 0 aliphatic rings. The molecule has 8 aromatic carbocycles. The zero-order valence-corrected chi connectivity index (χ0v) is 28.4. The van der Waals surface area contributed by atoms with Crippen molar-refractivity contribution in [3.05, 3.63) is 174 Å². The van der Waals surface area contributed by atoms with E-state index in [4.69, 9.17) is 0 Å². The summed E-state index contributed by atoms with van der Waals surface area (Å²) in [6.45, 7) is 9.14. The van der Waals surface area contributed by atoms with Crippen LogP contribution in [0.3, 0.4) is 0 Å². The van der Waals surface area contributed by atoms with Crippen LogP contribution in [0, 0.1) is 27.7 Å². The van der Waals surface area contributed by atoms with E-state index in [1.807, 2.05) is 0 Å². The van der Waals surface area contributed by atoms with Crippen molar-refractivity contribution in [3.63, 3.8) is 0 Å². The Morgan fingerprint density at radius 3 is 1.73 bits per heavy atom. The fraction of sp³-hybridized carbons (Fsp3) is 0.0833. The van der Waals surface area contributed by atoms with Gasteiger partial charge in [-0.1, -0.05) is 115 Å². The molecule has 1 nitrogen and oxygen atoms in total. The fourth-order valence-corrected chi connectivity index (χ4v) is 8.16. The van der Waals surface area contributed by atoms with Crippen LogP contribution in [0.1, 0.15) is 22.3 Å². The molecule has 234 valence electrons. The van der Waals surface area contributed by atoms with Crippen molar-refractivity contribution < 1.29 is 0 Å². The zero-order chi connectivity index (χ0) is 33.2. The van der Waals surface area contributed by atoms with Crippen molar-refractivity contribution in [3.8, 4) is 39.1 Å². The number of hydrogen-bond acceptors (Lipinski definition) is 0. The molecule has 0 bridgehead atoms. The molecule has 49 heavy (non-hydrogen) atoms. The second-order valence-electron chi connectivity index (χ2n) is 13.5. The average Bonchev–Trinajstić information content (AvgIpc) is 3.47. The highest BCUT2D eigenvalue weighted by atomic mass is 15.0. The molecule has 0 unspecified atom stereocenters. The monoisotopic (exact) mass is 627 g/mol. The highest BCUT2D eigenvalue weighted by Gasteiger charge is 2.21. The van der Waals surface area contributed by atoms with Crippen LogP contribution in [-0.2, 0) is 0 Å².